The molecular weight excluding hydrogens is 220 g/mol. The summed E-state index contributed by atoms with van der Waals surface area (Å²) in [6.45, 7) is 5.52. The molecule has 0 amide bonds. The van der Waals surface area contributed by atoms with E-state index in [9.17, 15) is 0 Å². The molecule has 1 heterocycles. The van der Waals surface area contributed by atoms with Crippen molar-refractivity contribution in [3.8, 4) is 0 Å². The van der Waals surface area contributed by atoms with Crippen LogP contribution in [0.3, 0.4) is 0 Å². The number of H-pyrrole nitrogens is 1. The SMILES string of the molecule is CCCNC1CCCc2[nH]c3ccc(C)cc3c21. The number of rotatable bonds is 3. The second-order valence-electron chi connectivity index (χ2n) is 5.47. The molecule has 2 N–H and O–H groups in total. The van der Waals surface area contributed by atoms with Gasteiger partial charge in [0.25, 0.3) is 0 Å². The lowest BCUT2D eigenvalue weighted by Gasteiger charge is -2.24. The van der Waals surface area contributed by atoms with Crippen molar-refractivity contribution < 1.29 is 0 Å². The zero-order valence-corrected chi connectivity index (χ0v) is 11.3. The molecule has 1 unspecified atom stereocenters. The number of aromatic nitrogens is 1. The summed E-state index contributed by atoms with van der Waals surface area (Å²) in [4.78, 5) is 3.61. The number of aryl methyl sites for hydroxylation is 2. The smallest absolute Gasteiger partial charge is 0.0459 e. The fourth-order valence-corrected chi connectivity index (χ4v) is 3.13. The summed E-state index contributed by atoms with van der Waals surface area (Å²) in [6.07, 6.45) is 4.97. The highest BCUT2D eigenvalue weighted by Gasteiger charge is 2.23. The van der Waals surface area contributed by atoms with Crippen molar-refractivity contribution in [2.24, 2.45) is 0 Å². The Balaban J connectivity index is 2.07. The van der Waals surface area contributed by atoms with Crippen molar-refractivity contribution in [3.05, 3.63) is 35.0 Å². The van der Waals surface area contributed by atoms with E-state index in [2.05, 4.69) is 42.3 Å². The van der Waals surface area contributed by atoms with Crippen molar-refractivity contribution in [2.45, 2.75) is 45.6 Å². The molecule has 0 bridgehead atoms. The Hall–Kier alpha value is -1.28. The van der Waals surface area contributed by atoms with Crippen molar-refractivity contribution in [2.75, 3.05) is 6.54 Å². The van der Waals surface area contributed by atoms with Crippen LogP contribution in [0.2, 0.25) is 0 Å². The van der Waals surface area contributed by atoms with Crippen LogP contribution in [0.4, 0.5) is 0 Å². The average Bonchev–Trinajstić information content (AvgIpc) is 2.74. The quantitative estimate of drug-likeness (QED) is 0.840. The second kappa shape index (κ2) is 4.77. The number of fused-ring (bicyclic) bond motifs is 3. The van der Waals surface area contributed by atoms with Gasteiger partial charge >= 0.3 is 0 Å². The van der Waals surface area contributed by atoms with Gasteiger partial charge in [0.15, 0.2) is 0 Å². The molecule has 96 valence electrons. The minimum Gasteiger partial charge on any atom is -0.358 e. The number of benzene rings is 1. The number of hydrogen-bond donors (Lipinski definition) is 2. The highest BCUT2D eigenvalue weighted by Crippen LogP contribution is 2.35. The Morgan fingerprint density at radius 1 is 1.39 bits per heavy atom. The molecule has 0 saturated heterocycles. The molecule has 1 aromatic heterocycles. The van der Waals surface area contributed by atoms with Gasteiger partial charge in [-0.2, -0.15) is 0 Å². The van der Waals surface area contributed by atoms with Crippen LogP contribution in [0.5, 0.6) is 0 Å². The maximum absolute atomic E-state index is 3.71. The number of nitrogens with one attached hydrogen (secondary N) is 2. The lowest BCUT2D eigenvalue weighted by Crippen LogP contribution is -2.25. The molecule has 18 heavy (non-hydrogen) atoms. The summed E-state index contributed by atoms with van der Waals surface area (Å²) >= 11 is 0. The summed E-state index contributed by atoms with van der Waals surface area (Å²) in [7, 11) is 0. The maximum atomic E-state index is 3.71. The predicted octanol–water partition coefficient (Wildman–Crippen LogP) is 3.85. The minimum absolute atomic E-state index is 0.546. The van der Waals surface area contributed by atoms with Gasteiger partial charge in [0.2, 0.25) is 0 Å². The first-order chi connectivity index (χ1) is 8.79. The summed E-state index contributed by atoms with van der Waals surface area (Å²) in [5.41, 5.74) is 5.64. The van der Waals surface area contributed by atoms with E-state index in [1.807, 2.05) is 0 Å². The van der Waals surface area contributed by atoms with Gasteiger partial charge in [-0.25, -0.2) is 0 Å². The van der Waals surface area contributed by atoms with Crippen LogP contribution in [-0.4, -0.2) is 11.5 Å². The van der Waals surface area contributed by atoms with Crippen molar-refractivity contribution >= 4 is 10.9 Å². The normalized spacial score (nSPS) is 19.1. The Bertz CT molecular complexity index is 553. The van der Waals surface area contributed by atoms with Crippen LogP contribution >= 0.6 is 0 Å². The Labute approximate surface area is 109 Å². The van der Waals surface area contributed by atoms with Gasteiger partial charge in [-0.15, -0.1) is 0 Å². The summed E-state index contributed by atoms with van der Waals surface area (Å²) in [5.74, 6) is 0. The third-order valence-electron chi connectivity index (χ3n) is 3.98. The van der Waals surface area contributed by atoms with E-state index < -0.39 is 0 Å². The van der Waals surface area contributed by atoms with E-state index in [1.54, 1.807) is 0 Å². The Morgan fingerprint density at radius 3 is 3.11 bits per heavy atom. The number of hydrogen-bond acceptors (Lipinski definition) is 1. The molecule has 2 nitrogen and oxygen atoms in total. The van der Waals surface area contributed by atoms with E-state index in [4.69, 9.17) is 0 Å². The molecule has 0 aliphatic heterocycles. The average molecular weight is 242 g/mol. The molecule has 0 radical (unpaired) electrons. The van der Waals surface area contributed by atoms with Crippen LogP contribution in [0.1, 0.15) is 49.0 Å². The van der Waals surface area contributed by atoms with Gasteiger partial charge in [-0.05, 0) is 56.8 Å². The summed E-state index contributed by atoms with van der Waals surface area (Å²) in [6, 6.07) is 7.29. The van der Waals surface area contributed by atoms with Crippen LogP contribution in [0.15, 0.2) is 18.2 Å². The van der Waals surface area contributed by atoms with Crippen LogP contribution in [-0.2, 0) is 6.42 Å². The Morgan fingerprint density at radius 2 is 2.28 bits per heavy atom. The first kappa shape index (κ1) is 11.8. The van der Waals surface area contributed by atoms with E-state index in [-0.39, 0.29) is 0 Å². The molecule has 1 atom stereocenters. The fraction of sp³-hybridized carbons (Fsp3) is 0.500. The van der Waals surface area contributed by atoms with Crippen LogP contribution in [0, 0.1) is 6.92 Å². The highest BCUT2D eigenvalue weighted by molar-refractivity contribution is 5.86. The first-order valence-corrected chi connectivity index (χ1v) is 7.14. The van der Waals surface area contributed by atoms with Crippen LogP contribution < -0.4 is 5.32 Å². The van der Waals surface area contributed by atoms with Gasteiger partial charge in [0.1, 0.15) is 0 Å². The molecule has 1 aliphatic carbocycles. The van der Waals surface area contributed by atoms with Crippen molar-refractivity contribution in [1.82, 2.24) is 10.3 Å². The minimum atomic E-state index is 0.546. The predicted molar refractivity (Wildman–Crippen MR) is 77.0 cm³/mol. The highest BCUT2D eigenvalue weighted by atomic mass is 14.9. The van der Waals surface area contributed by atoms with Gasteiger partial charge in [0, 0.05) is 22.6 Å². The van der Waals surface area contributed by atoms with Crippen LogP contribution in [0.25, 0.3) is 10.9 Å². The molecule has 1 aromatic carbocycles. The van der Waals surface area contributed by atoms with E-state index in [1.165, 1.54) is 53.4 Å². The zero-order valence-electron chi connectivity index (χ0n) is 11.3. The molecule has 2 heteroatoms. The standard InChI is InChI=1S/C16H22N2/c1-3-9-17-14-5-4-6-15-16(14)12-10-11(2)7-8-13(12)18-15/h7-8,10,14,17-18H,3-6,9H2,1-2H3. The van der Waals surface area contributed by atoms with Gasteiger partial charge in [0.05, 0.1) is 0 Å². The summed E-state index contributed by atoms with van der Waals surface area (Å²) < 4.78 is 0. The molecular formula is C16H22N2. The topological polar surface area (TPSA) is 27.8 Å². The molecule has 3 rings (SSSR count). The Kier molecular flexibility index (Phi) is 3.13. The van der Waals surface area contributed by atoms with Gasteiger partial charge in [-0.3, -0.25) is 0 Å². The largest absolute Gasteiger partial charge is 0.358 e. The fourth-order valence-electron chi connectivity index (χ4n) is 3.13. The monoisotopic (exact) mass is 242 g/mol. The van der Waals surface area contributed by atoms with E-state index in [0.29, 0.717) is 6.04 Å². The molecule has 0 fully saturated rings. The molecule has 2 aromatic rings. The molecule has 0 spiro atoms. The lowest BCUT2D eigenvalue weighted by molar-refractivity contribution is 0.461. The first-order valence-electron chi connectivity index (χ1n) is 7.14. The number of aromatic amines is 1. The molecule has 1 aliphatic rings. The second-order valence-corrected chi connectivity index (χ2v) is 5.47. The lowest BCUT2D eigenvalue weighted by atomic mass is 9.90. The van der Waals surface area contributed by atoms with E-state index in [0.717, 1.165) is 6.54 Å². The van der Waals surface area contributed by atoms with Crippen molar-refractivity contribution in [1.29, 1.82) is 0 Å². The summed E-state index contributed by atoms with van der Waals surface area (Å²) in [5, 5.41) is 5.13. The molecule has 0 saturated carbocycles. The zero-order chi connectivity index (χ0) is 12.5. The third kappa shape index (κ3) is 1.95. The maximum Gasteiger partial charge on any atom is 0.0459 e. The van der Waals surface area contributed by atoms with Gasteiger partial charge in [-0.1, -0.05) is 18.6 Å². The van der Waals surface area contributed by atoms with Gasteiger partial charge < -0.3 is 10.3 Å². The van der Waals surface area contributed by atoms with E-state index >= 15 is 0 Å². The third-order valence-corrected chi connectivity index (χ3v) is 3.98. The van der Waals surface area contributed by atoms with Crippen molar-refractivity contribution in [3.63, 3.8) is 0 Å².